The number of hydrogen-bond donors (Lipinski definition) is 3. The van der Waals surface area contributed by atoms with E-state index in [0.29, 0.717) is 18.5 Å². The number of likely N-dealkylation sites (N-methyl/N-ethyl adjacent to an activating group) is 1. The van der Waals surface area contributed by atoms with Gasteiger partial charge in [-0.15, -0.1) is 0 Å². The van der Waals surface area contributed by atoms with Gasteiger partial charge in [-0.1, -0.05) is 12.1 Å². The Bertz CT molecular complexity index is 416. The van der Waals surface area contributed by atoms with Crippen molar-refractivity contribution in [2.75, 3.05) is 12.4 Å². The van der Waals surface area contributed by atoms with Crippen molar-refractivity contribution in [1.82, 2.24) is 5.32 Å². The molecule has 19 heavy (non-hydrogen) atoms. The summed E-state index contributed by atoms with van der Waals surface area (Å²) in [5.41, 5.74) is 8.13. The van der Waals surface area contributed by atoms with Crippen LogP contribution in [-0.4, -0.2) is 25.0 Å². The fourth-order valence-corrected chi connectivity index (χ4v) is 2.59. The highest BCUT2D eigenvalue weighted by atomic mass is 16.1. The van der Waals surface area contributed by atoms with Gasteiger partial charge in [0.25, 0.3) is 0 Å². The predicted octanol–water partition coefficient (Wildman–Crippen LogP) is 1.66. The van der Waals surface area contributed by atoms with Gasteiger partial charge in [0.2, 0.25) is 5.91 Å². The van der Waals surface area contributed by atoms with Crippen molar-refractivity contribution in [3.05, 3.63) is 29.8 Å². The van der Waals surface area contributed by atoms with Crippen molar-refractivity contribution in [1.29, 1.82) is 0 Å². The van der Waals surface area contributed by atoms with Crippen LogP contribution in [0.1, 0.15) is 31.2 Å². The summed E-state index contributed by atoms with van der Waals surface area (Å²) in [6, 6.07) is 8.89. The second kappa shape index (κ2) is 6.57. The zero-order chi connectivity index (χ0) is 13.7. The molecule has 0 aliphatic heterocycles. The molecule has 0 saturated heterocycles. The Morgan fingerprint density at radius 2 is 2.05 bits per heavy atom. The van der Waals surface area contributed by atoms with Crippen molar-refractivity contribution < 1.29 is 4.79 Å². The topological polar surface area (TPSA) is 67.2 Å². The van der Waals surface area contributed by atoms with Gasteiger partial charge in [0.05, 0.1) is 6.42 Å². The van der Waals surface area contributed by atoms with Gasteiger partial charge < -0.3 is 16.4 Å². The minimum Gasteiger partial charge on any atom is -0.382 e. The van der Waals surface area contributed by atoms with Gasteiger partial charge in [-0.25, -0.2) is 0 Å². The van der Waals surface area contributed by atoms with Gasteiger partial charge in [-0.05, 0) is 43.4 Å². The van der Waals surface area contributed by atoms with Crippen LogP contribution in [0.2, 0.25) is 0 Å². The fraction of sp³-hybridized carbons (Fsp3) is 0.533. The Hall–Kier alpha value is -1.55. The first-order valence-corrected chi connectivity index (χ1v) is 6.99. The molecule has 4 nitrogen and oxygen atoms in total. The van der Waals surface area contributed by atoms with Crippen LogP contribution in [-0.2, 0) is 11.2 Å². The molecule has 0 radical (unpaired) electrons. The summed E-state index contributed by atoms with van der Waals surface area (Å²) in [6.07, 6.45) is 5.01. The zero-order valence-corrected chi connectivity index (χ0v) is 11.5. The van der Waals surface area contributed by atoms with Crippen LogP contribution in [0.25, 0.3) is 0 Å². The van der Waals surface area contributed by atoms with E-state index < -0.39 is 0 Å². The molecule has 1 saturated carbocycles. The third kappa shape index (κ3) is 4.24. The zero-order valence-electron chi connectivity index (χ0n) is 11.5. The monoisotopic (exact) mass is 261 g/mol. The minimum absolute atomic E-state index is 0.0407. The molecule has 0 bridgehead atoms. The van der Waals surface area contributed by atoms with Gasteiger partial charge >= 0.3 is 0 Å². The van der Waals surface area contributed by atoms with Gasteiger partial charge in [-0.3, -0.25) is 4.79 Å². The molecule has 2 atom stereocenters. The summed E-state index contributed by atoms with van der Waals surface area (Å²) in [5, 5.41) is 6.16. The predicted molar refractivity (Wildman–Crippen MR) is 78.1 cm³/mol. The van der Waals surface area contributed by atoms with Gasteiger partial charge in [0.1, 0.15) is 0 Å². The number of nitrogens with one attached hydrogen (secondary N) is 2. The first kappa shape index (κ1) is 13.9. The first-order chi connectivity index (χ1) is 9.17. The molecular formula is C15H23N3O. The first-order valence-electron chi connectivity index (χ1n) is 6.99. The Balaban J connectivity index is 1.89. The molecule has 0 heterocycles. The van der Waals surface area contributed by atoms with E-state index in [1.165, 1.54) is 12.8 Å². The van der Waals surface area contributed by atoms with E-state index in [-0.39, 0.29) is 5.91 Å². The highest BCUT2D eigenvalue weighted by Crippen LogP contribution is 2.21. The van der Waals surface area contributed by atoms with E-state index in [1.807, 2.05) is 24.3 Å². The van der Waals surface area contributed by atoms with E-state index >= 15 is 0 Å². The Kier molecular flexibility index (Phi) is 4.80. The molecule has 4 N–H and O–H groups in total. The largest absolute Gasteiger partial charge is 0.382 e. The molecule has 2 unspecified atom stereocenters. The van der Waals surface area contributed by atoms with Crippen LogP contribution in [0.5, 0.6) is 0 Å². The van der Waals surface area contributed by atoms with Gasteiger partial charge in [0, 0.05) is 24.8 Å². The molecule has 1 fully saturated rings. The number of hydrogen-bond acceptors (Lipinski definition) is 3. The quantitative estimate of drug-likeness (QED) is 0.772. The summed E-state index contributed by atoms with van der Waals surface area (Å²) in [6.45, 7) is 0. The summed E-state index contributed by atoms with van der Waals surface area (Å²) >= 11 is 0. The van der Waals surface area contributed by atoms with E-state index in [4.69, 9.17) is 5.73 Å². The summed E-state index contributed by atoms with van der Waals surface area (Å²) < 4.78 is 0. The molecule has 1 aromatic carbocycles. The summed E-state index contributed by atoms with van der Waals surface area (Å²) in [4.78, 5) is 11.3. The van der Waals surface area contributed by atoms with Crippen molar-refractivity contribution in [2.45, 2.75) is 44.2 Å². The van der Waals surface area contributed by atoms with Crippen LogP contribution < -0.4 is 16.4 Å². The van der Waals surface area contributed by atoms with Crippen LogP contribution in [0.4, 0.5) is 5.69 Å². The molecule has 0 aromatic heterocycles. The van der Waals surface area contributed by atoms with E-state index in [1.54, 1.807) is 7.05 Å². The highest BCUT2D eigenvalue weighted by Gasteiger charge is 2.18. The summed E-state index contributed by atoms with van der Waals surface area (Å²) in [7, 11) is 1.66. The third-order valence-electron chi connectivity index (χ3n) is 3.68. The minimum atomic E-state index is 0.0407. The second-order valence-electron chi connectivity index (χ2n) is 5.31. The van der Waals surface area contributed by atoms with Crippen molar-refractivity contribution in [2.24, 2.45) is 5.73 Å². The van der Waals surface area contributed by atoms with Crippen molar-refractivity contribution in [3.8, 4) is 0 Å². The molecule has 1 aliphatic carbocycles. The number of carbonyl (C=O) groups excluding carboxylic acids is 1. The third-order valence-corrected chi connectivity index (χ3v) is 3.68. The van der Waals surface area contributed by atoms with E-state index in [0.717, 1.165) is 24.1 Å². The van der Waals surface area contributed by atoms with Gasteiger partial charge in [0.15, 0.2) is 0 Å². The molecule has 0 spiro atoms. The molecular weight excluding hydrogens is 238 g/mol. The normalized spacial score (nSPS) is 22.8. The fourth-order valence-electron chi connectivity index (χ4n) is 2.59. The molecule has 4 heteroatoms. The number of rotatable bonds is 4. The van der Waals surface area contributed by atoms with Crippen molar-refractivity contribution >= 4 is 11.6 Å². The number of anilines is 1. The lowest BCUT2D eigenvalue weighted by Gasteiger charge is -2.28. The van der Waals surface area contributed by atoms with Crippen LogP contribution >= 0.6 is 0 Å². The standard InChI is InChI=1S/C15H23N3O/c1-17-15(19)9-11-5-7-13(8-6-11)18-14-4-2-3-12(16)10-14/h5-8,12,14,18H,2-4,9-10,16H2,1H3,(H,17,19). The number of carbonyl (C=O) groups is 1. The lowest BCUT2D eigenvalue weighted by Crippen LogP contribution is -2.34. The highest BCUT2D eigenvalue weighted by molar-refractivity contribution is 5.78. The SMILES string of the molecule is CNC(=O)Cc1ccc(NC2CCCC(N)C2)cc1. The smallest absolute Gasteiger partial charge is 0.224 e. The second-order valence-corrected chi connectivity index (χ2v) is 5.31. The number of amides is 1. The Labute approximate surface area is 114 Å². The maximum absolute atomic E-state index is 11.3. The average Bonchev–Trinajstić information content (AvgIpc) is 2.41. The number of benzene rings is 1. The average molecular weight is 261 g/mol. The van der Waals surface area contributed by atoms with E-state index in [9.17, 15) is 4.79 Å². The molecule has 1 aromatic rings. The van der Waals surface area contributed by atoms with Crippen LogP contribution in [0.3, 0.4) is 0 Å². The maximum Gasteiger partial charge on any atom is 0.224 e. The summed E-state index contributed by atoms with van der Waals surface area (Å²) in [5.74, 6) is 0.0407. The maximum atomic E-state index is 11.3. The molecule has 104 valence electrons. The number of nitrogens with two attached hydrogens (primary N) is 1. The van der Waals surface area contributed by atoms with E-state index in [2.05, 4.69) is 10.6 Å². The Morgan fingerprint density at radius 3 is 2.68 bits per heavy atom. The Morgan fingerprint density at radius 1 is 1.32 bits per heavy atom. The molecule has 1 aliphatic rings. The van der Waals surface area contributed by atoms with Crippen molar-refractivity contribution in [3.63, 3.8) is 0 Å². The molecule has 2 rings (SSSR count). The lowest BCUT2D eigenvalue weighted by molar-refractivity contribution is -0.119. The van der Waals surface area contributed by atoms with Gasteiger partial charge in [-0.2, -0.15) is 0 Å². The molecule has 1 amide bonds. The van der Waals surface area contributed by atoms with Crippen LogP contribution in [0, 0.1) is 0 Å². The lowest BCUT2D eigenvalue weighted by atomic mass is 9.91. The van der Waals surface area contributed by atoms with Crippen LogP contribution in [0.15, 0.2) is 24.3 Å².